The van der Waals surface area contributed by atoms with Crippen molar-refractivity contribution in [2.45, 2.75) is 25.9 Å². The molecular formula is C23H23N5O4. The van der Waals surface area contributed by atoms with Crippen molar-refractivity contribution >= 4 is 17.7 Å². The Kier molecular flexibility index (Phi) is 6.76. The van der Waals surface area contributed by atoms with Crippen LogP contribution in [-0.4, -0.2) is 33.1 Å². The summed E-state index contributed by atoms with van der Waals surface area (Å²) in [5.41, 5.74) is 1.37. The Morgan fingerprint density at radius 1 is 1.28 bits per heavy atom. The molecule has 1 atom stereocenters. The SMILES string of the molecule is CCC/C=C\Oc1ccc(/C=C/C(=O)Nc2cccc3c2OC(c2nn[nH]n2)CO3)cc1. The second-order valence-corrected chi connectivity index (χ2v) is 6.99. The van der Waals surface area contributed by atoms with Gasteiger partial charge in [0.15, 0.2) is 17.6 Å². The quantitative estimate of drug-likeness (QED) is 0.407. The van der Waals surface area contributed by atoms with Crippen molar-refractivity contribution in [2.75, 3.05) is 11.9 Å². The van der Waals surface area contributed by atoms with Gasteiger partial charge in [0.05, 0.1) is 11.9 Å². The zero-order valence-corrected chi connectivity index (χ0v) is 17.5. The number of fused-ring (bicyclic) bond motifs is 1. The maximum atomic E-state index is 12.5. The summed E-state index contributed by atoms with van der Waals surface area (Å²) in [6, 6.07) is 12.8. The number of H-pyrrole nitrogens is 1. The molecular weight excluding hydrogens is 410 g/mol. The zero-order valence-electron chi connectivity index (χ0n) is 17.5. The summed E-state index contributed by atoms with van der Waals surface area (Å²) in [7, 11) is 0. The zero-order chi connectivity index (χ0) is 22.2. The fourth-order valence-electron chi connectivity index (χ4n) is 2.99. The van der Waals surface area contributed by atoms with Crippen molar-refractivity contribution < 1.29 is 19.0 Å². The average Bonchev–Trinajstić information content (AvgIpc) is 3.36. The summed E-state index contributed by atoms with van der Waals surface area (Å²) in [6.07, 6.45) is 8.40. The van der Waals surface area contributed by atoms with Gasteiger partial charge in [-0.05, 0) is 48.4 Å². The van der Waals surface area contributed by atoms with Gasteiger partial charge in [0.25, 0.3) is 0 Å². The highest BCUT2D eigenvalue weighted by atomic mass is 16.6. The van der Waals surface area contributed by atoms with Crippen molar-refractivity contribution in [2.24, 2.45) is 0 Å². The molecule has 9 heteroatoms. The van der Waals surface area contributed by atoms with Crippen molar-refractivity contribution in [3.05, 3.63) is 72.3 Å². The Bertz CT molecular complexity index is 1090. The Balaban J connectivity index is 1.38. The van der Waals surface area contributed by atoms with E-state index in [0.29, 0.717) is 23.0 Å². The van der Waals surface area contributed by atoms with E-state index in [4.69, 9.17) is 14.2 Å². The third-order valence-electron chi connectivity index (χ3n) is 4.60. The molecule has 9 nitrogen and oxygen atoms in total. The molecule has 164 valence electrons. The molecule has 0 saturated heterocycles. The largest absolute Gasteiger partial charge is 0.485 e. The van der Waals surface area contributed by atoms with Gasteiger partial charge in [-0.1, -0.05) is 36.8 Å². The Morgan fingerprint density at radius 2 is 2.16 bits per heavy atom. The number of hydrogen-bond acceptors (Lipinski definition) is 7. The highest BCUT2D eigenvalue weighted by Crippen LogP contribution is 2.41. The van der Waals surface area contributed by atoms with Gasteiger partial charge >= 0.3 is 0 Å². The van der Waals surface area contributed by atoms with Crippen molar-refractivity contribution in [1.82, 2.24) is 20.6 Å². The third kappa shape index (κ3) is 5.31. The molecule has 2 heterocycles. The van der Waals surface area contributed by atoms with Gasteiger partial charge in [-0.2, -0.15) is 5.21 Å². The van der Waals surface area contributed by atoms with Crippen molar-refractivity contribution in [1.29, 1.82) is 0 Å². The molecule has 0 aliphatic carbocycles. The van der Waals surface area contributed by atoms with Crippen molar-refractivity contribution in [3.63, 3.8) is 0 Å². The van der Waals surface area contributed by atoms with Gasteiger partial charge in [0.2, 0.25) is 11.7 Å². The molecule has 1 aliphatic heterocycles. The first-order valence-corrected chi connectivity index (χ1v) is 10.3. The van der Waals surface area contributed by atoms with E-state index in [-0.39, 0.29) is 12.5 Å². The predicted molar refractivity (Wildman–Crippen MR) is 118 cm³/mol. The Morgan fingerprint density at radius 3 is 2.94 bits per heavy atom. The minimum absolute atomic E-state index is 0.248. The minimum Gasteiger partial charge on any atom is -0.485 e. The number of unbranched alkanes of at least 4 members (excludes halogenated alkanes) is 1. The second kappa shape index (κ2) is 10.3. The number of ether oxygens (including phenoxy) is 3. The van der Waals surface area contributed by atoms with Crippen LogP contribution in [0.4, 0.5) is 5.69 Å². The van der Waals surface area contributed by atoms with E-state index < -0.39 is 6.10 Å². The summed E-state index contributed by atoms with van der Waals surface area (Å²) < 4.78 is 17.2. The average molecular weight is 433 g/mol. The number of tetrazole rings is 1. The van der Waals surface area contributed by atoms with Gasteiger partial charge in [0, 0.05) is 6.08 Å². The van der Waals surface area contributed by atoms with E-state index in [2.05, 4.69) is 32.9 Å². The summed E-state index contributed by atoms with van der Waals surface area (Å²) >= 11 is 0. The number of hydrogen-bond donors (Lipinski definition) is 2. The number of anilines is 1. The van der Waals surface area contributed by atoms with E-state index in [1.165, 1.54) is 6.08 Å². The van der Waals surface area contributed by atoms with E-state index in [1.807, 2.05) is 30.3 Å². The van der Waals surface area contributed by atoms with Crippen LogP contribution in [0, 0.1) is 0 Å². The van der Waals surface area contributed by atoms with E-state index >= 15 is 0 Å². The first-order chi connectivity index (χ1) is 15.7. The van der Waals surface area contributed by atoms with Crippen molar-refractivity contribution in [3.8, 4) is 17.2 Å². The number of amides is 1. The highest BCUT2D eigenvalue weighted by molar-refractivity contribution is 6.03. The van der Waals surface area contributed by atoms with Crippen LogP contribution >= 0.6 is 0 Å². The number of rotatable bonds is 8. The number of aromatic nitrogens is 4. The van der Waals surface area contributed by atoms with Gasteiger partial charge < -0.3 is 19.5 Å². The topological polar surface area (TPSA) is 111 Å². The molecule has 0 radical (unpaired) electrons. The lowest BCUT2D eigenvalue weighted by Crippen LogP contribution is -2.24. The number of benzene rings is 2. The maximum Gasteiger partial charge on any atom is 0.248 e. The third-order valence-corrected chi connectivity index (χ3v) is 4.60. The standard InChI is InChI=1S/C23H23N5O4/c1-2-3-4-14-30-17-11-8-16(9-12-17)10-13-21(29)24-18-6-5-7-19-22(18)32-20(15-31-19)23-25-27-28-26-23/h4-14,20H,2-3,15H2,1H3,(H,24,29)(H,25,26,27,28)/b13-10+,14-4-. The minimum atomic E-state index is -0.521. The van der Waals surface area contributed by atoms with Gasteiger partial charge in [-0.3, -0.25) is 4.79 Å². The van der Waals surface area contributed by atoms with Crippen LogP contribution in [0.5, 0.6) is 17.2 Å². The first kappa shape index (κ1) is 21.1. The lowest BCUT2D eigenvalue weighted by atomic mass is 10.2. The van der Waals surface area contributed by atoms with Crippen LogP contribution in [0.25, 0.3) is 6.08 Å². The highest BCUT2D eigenvalue weighted by Gasteiger charge is 2.28. The van der Waals surface area contributed by atoms with Crippen LogP contribution < -0.4 is 19.5 Å². The predicted octanol–water partition coefficient (Wildman–Crippen LogP) is 4.06. The molecule has 1 amide bonds. The Labute approximate surface area is 185 Å². The molecule has 0 saturated carbocycles. The number of carbonyl (C=O) groups is 1. The fraction of sp³-hybridized carbons (Fsp3) is 0.217. The van der Waals surface area contributed by atoms with Crippen LogP contribution in [0.2, 0.25) is 0 Å². The number of aromatic amines is 1. The summed E-state index contributed by atoms with van der Waals surface area (Å²) in [4.78, 5) is 12.5. The monoisotopic (exact) mass is 433 g/mol. The molecule has 2 aromatic carbocycles. The molecule has 0 bridgehead atoms. The molecule has 2 N–H and O–H groups in total. The molecule has 1 aliphatic rings. The van der Waals surface area contributed by atoms with Gasteiger partial charge in [-0.25, -0.2) is 0 Å². The van der Waals surface area contributed by atoms with Crippen LogP contribution in [0.1, 0.15) is 37.3 Å². The van der Waals surface area contributed by atoms with E-state index in [1.54, 1.807) is 30.5 Å². The smallest absolute Gasteiger partial charge is 0.248 e. The molecule has 0 spiro atoms. The number of carbonyl (C=O) groups excluding carboxylic acids is 1. The number of nitrogens with zero attached hydrogens (tertiary/aromatic N) is 3. The van der Waals surface area contributed by atoms with Gasteiger partial charge in [0.1, 0.15) is 12.4 Å². The lowest BCUT2D eigenvalue weighted by molar-refractivity contribution is -0.111. The number of nitrogens with one attached hydrogen (secondary N) is 2. The molecule has 3 aromatic rings. The second-order valence-electron chi connectivity index (χ2n) is 6.99. The fourth-order valence-corrected chi connectivity index (χ4v) is 2.99. The molecule has 1 unspecified atom stereocenters. The maximum absolute atomic E-state index is 12.5. The normalized spacial score (nSPS) is 15.2. The van der Waals surface area contributed by atoms with Crippen LogP contribution in [0.15, 0.2) is 60.9 Å². The summed E-state index contributed by atoms with van der Waals surface area (Å²) in [5.74, 6) is 1.78. The summed E-state index contributed by atoms with van der Waals surface area (Å²) in [6.45, 7) is 2.36. The first-order valence-electron chi connectivity index (χ1n) is 10.3. The Hall–Kier alpha value is -4.14. The van der Waals surface area contributed by atoms with Crippen LogP contribution in [-0.2, 0) is 4.79 Å². The molecule has 1 aromatic heterocycles. The van der Waals surface area contributed by atoms with E-state index in [0.717, 1.165) is 24.2 Å². The number of allylic oxidation sites excluding steroid dienone is 1. The lowest BCUT2D eigenvalue weighted by Gasteiger charge is -2.26. The van der Waals surface area contributed by atoms with Crippen LogP contribution in [0.3, 0.4) is 0 Å². The number of para-hydroxylation sites is 1. The molecule has 0 fully saturated rings. The van der Waals surface area contributed by atoms with Gasteiger partial charge in [-0.15, -0.1) is 10.2 Å². The summed E-state index contributed by atoms with van der Waals surface area (Å²) in [5, 5.41) is 16.6. The molecule has 32 heavy (non-hydrogen) atoms. The van der Waals surface area contributed by atoms with E-state index in [9.17, 15) is 4.79 Å². The molecule has 4 rings (SSSR count).